The lowest BCUT2D eigenvalue weighted by Crippen LogP contribution is -2.43. The monoisotopic (exact) mass is 523 g/mol. The standard InChI is InChI=1S/C29H27ClFNO5/c1-29(2,3)22-8-6-18(14-23(22)30)32-27(16-4-9-24-25(12-16)37-11-10-36-24)20(15-26(33)34)19-7-5-17(31)13-21(19)28(32)35/h4-9,12-14,20,27H,10-11,15H2,1-3H3,(H,33,34)/t20-,27+/m0/s1. The fraction of sp³-hybridized carbons (Fsp3) is 0.310. The predicted octanol–water partition coefficient (Wildman–Crippen LogP) is 6.51. The van der Waals surface area contributed by atoms with Gasteiger partial charge in [0.1, 0.15) is 19.0 Å². The summed E-state index contributed by atoms with van der Waals surface area (Å²) in [7, 11) is 0. The molecule has 0 bridgehead atoms. The smallest absolute Gasteiger partial charge is 0.304 e. The summed E-state index contributed by atoms with van der Waals surface area (Å²) in [4.78, 5) is 27.6. The molecule has 192 valence electrons. The molecule has 3 aromatic carbocycles. The first-order chi connectivity index (χ1) is 17.5. The van der Waals surface area contributed by atoms with Crippen LogP contribution in [0.2, 0.25) is 5.02 Å². The van der Waals surface area contributed by atoms with Gasteiger partial charge in [0.05, 0.1) is 12.5 Å². The Morgan fingerprint density at radius 1 is 1.05 bits per heavy atom. The zero-order valence-electron chi connectivity index (χ0n) is 20.8. The zero-order chi connectivity index (χ0) is 26.5. The lowest BCUT2D eigenvalue weighted by Gasteiger charge is -2.42. The first-order valence-electron chi connectivity index (χ1n) is 12.1. The molecule has 5 rings (SSSR count). The molecule has 0 unspecified atom stereocenters. The van der Waals surface area contributed by atoms with E-state index in [-0.39, 0.29) is 17.4 Å². The number of fused-ring (bicyclic) bond motifs is 2. The summed E-state index contributed by atoms with van der Waals surface area (Å²) in [5.41, 5.74) is 2.48. The molecule has 0 spiro atoms. The van der Waals surface area contributed by atoms with Gasteiger partial charge in [-0.15, -0.1) is 0 Å². The van der Waals surface area contributed by atoms with Crippen molar-refractivity contribution in [3.63, 3.8) is 0 Å². The van der Waals surface area contributed by atoms with Crippen LogP contribution in [-0.2, 0) is 10.2 Å². The van der Waals surface area contributed by atoms with E-state index in [1.165, 1.54) is 23.1 Å². The third-order valence-electron chi connectivity index (χ3n) is 6.86. The molecule has 0 saturated heterocycles. The highest BCUT2D eigenvalue weighted by Crippen LogP contribution is 2.49. The van der Waals surface area contributed by atoms with Gasteiger partial charge < -0.3 is 19.5 Å². The molecule has 2 aliphatic heterocycles. The lowest BCUT2D eigenvalue weighted by atomic mass is 9.77. The van der Waals surface area contributed by atoms with Gasteiger partial charge in [0.2, 0.25) is 0 Å². The molecule has 0 fully saturated rings. The van der Waals surface area contributed by atoms with Crippen molar-refractivity contribution in [1.29, 1.82) is 0 Å². The van der Waals surface area contributed by atoms with Gasteiger partial charge >= 0.3 is 5.97 Å². The Kier molecular flexibility index (Phi) is 6.36. The van der Waals surface area contributed by atoms with Crippen molar-refractivity contribution in [2.75, 3.05) is 18.1 Å². The van der Waals surface area contributed by atoms with Crippen LogP contribution < -0.4 is 14.4 Å². The van der Waals surface area contributed by atoms with Crippen molar-refractivity contribution in [3.05, 3.63) is 87.7 Å². The third kappa shape index (κ3) is 4.64. The highest BCUT2D eigenvalue weighted by atomic mass is 35.5. The SMILES string of the molecule is CC(C)(C)c1ccc(N2C(=O)c3cc(F)ccc3[C@H](CC(=O)O)[C@H]2c2ccc3c(c2)OCCO3)cc1Cl. The van der Waals surface area contributed by atoms with E-state index in [0.29, 0.717) is 46.5 Å². The van der Waals surface area contributed by atoms with Gasteiger partial charge in [-0.05, 0) is 58.5 Å². The summed E-state index contributed by atoms with van der Waals surface area (Å²) in [5, 5.41) is 10.3. The van der Waals surface area contributed by atoms with Gasteiger partial charge in [0, 0.05) is 22.2 Å². The van der Waals surface area contributed by atoms with Crippen molar-refractivity contribution in [3.8, 4) is 11.5 Å². The number of halogens is 2. The summed E-state index contributed by atoms with van der Waals surface area (Å²) in [5.74, 6) is -1.59. The average Bonchev–Trinajstić information content (AvgIpc) is 2.84. The van der Waals surface area contributed by atoms with Crippen LogP contribution in [0, 0.1) is 5.82 Å². The van der Waals surface area contributed by atoms with Crippen LogP contribution in [0.3, 0.4) is 0 Å². The highest BCUT2D eigenvalue weighted by Gasteiger charge is 2.43. The number of hydrogen-bond donors (Lipinski definition) is 1. The van der Waals surface area contributed by atoms with E-state index in [2.05, 4.69) is 0 Å². The van der Waals surface area contributed by atoms with Crippen LogP contribution in [0.4, 0.5) is 10.1 Å². The largest absolute Gasteiger partial charge is 0.486 e. The summed E-state index contributed by atoms with van der Waals surface area (Å²) in [6.07, 6.45) is -0.269. The minimum atomic E-state index is -1.03. The second kappa shape index (κ2) is 9.38. The normalized spacial score (nSPS) is 18.9. The highest BCUT2D eigenvalue weighted by molar-refractivity contribution is 6.32. The number of carbonyl (C=O) groups is 2. The maximum Gasteiger partial charge on any atom is 0.304 e. The molecule has 6 nitrogen and oxygen atoms in total. The quantitative estimate of drug-likeness (QED) is 0.422. The summed E-state index contributed by atoms with van der Waals surface area (Å²) in [6.45, 7) is 6.94. The number of rotatable bonds is 4. The Bertz CT molecular complexity index is 1400. The molecule has 3 aromatic rings. The van der Waals surface area contributed by atoms with E-state index >= 15 is 0 Å². The first kappa shape index (κ1) is 25.1. The van der Waals surface area contributed by atoms with E-state index in [1.807, 2.05) is 32.9 Å². The van der Waals surface area contributed by atoms with Gasteiger partial charge in [-0.25, -0.2) is 4.39 Å². The minimum Gasteiger partial charge on any atom is -0.486 e. The number of carbonyl (C=O) groups excluding carboxylic acids is 1. The Balaban J connectivity index is 1.73. The molecule has 0 aliphatic carbocycles. The van der Waals surface area contributed by atoms with Crippen LogP contribution in [-0.4, -0.2) is 30.2 Å². The summed E-state index contributed by atoms with van der Waals surface area (Å²) < 4.78 is 25.7. The second-order valence-corrected chi connectivity index (χ2v) is 10.8. The van der Waals surface area contributed by atoms with Crippen LogP contribution in [0.25, 0.3) is 0 Å². The number of ether oxygens (including phenoxy) is 2. The van der Waals surface area contributed by atoms with Crippen LogP contribution >= 0.6 is 11.6 Å². The third-order valence-corrected chi connectivity index (χ3v) is 7.18. The zero-order valence-corrected chi connectivity index (χ0v) is 21.5. The number of benzene rings is 3. The number of hydrogen-bond acceptors (Lipinski definition) is 4. The number of amides is 1. The van der Waals surface area contributed by atoms with Crippen molar-refractivity contribution >= 4 is 29.2 Å². The van der Waals surface area contributed by atoms with Gasteiger partial charge in [-0.3, -0.25) is 9.59 Å². The molecular weight excluding hydrogens is 497 g/mol. The number of nitrogens with zero attached hydrogens (tertiary/aromatic N) is 1. The van der Waals surface area contributed by atoms with E-state index in [0.717, 1.165) is 5.56 Å². The summed E-state index contributed by atoms with van der Waals surface area (Å²) >= 11 is 6.69. The Labute approximate surface area is 219 Å². The molecular formula is C29H27ClFNO5. The average molecular weight is 524 g/mol. The van der Waals surface area contributed by atoms with Crippen LogP contribution in [0.1, 0.15) is 66.2 Å². The lowest BCUT2D eigenvalue weighted by molar-refractivity contribution is -0.137. The predicted molar refractivity (Wildman–Crippen MR) is 139 cm³/mol. The Hall–Kier alpha value is -3.58. The van der Waals surface area contributed by atoms with Crippen LogP contribution in [0.15, 0.2) is 54.6 Å². The van der Waals surface area contributed by atoms with Crippen molar-refractivity contribution in [1.82, 2.24) is 0 Å². The molecule has 0 saturated carbocycles. The maximum absolute atomic E-state index is 14.3. The Morgan fingerprint density at radius 2 is 1.78 bits per heavy atom. The van der Waals surface area contributed by atoms with Crippen LogP contribution in [0.5, 0.6) is 11.5 Å². The Morgan fingerprint density at radius 3 is 2.46 bits per heavy atom. The van der Waals surface area contributed by atoms with Gasteiger partial charge in [0.25, 0.3) is 5.91 Å². The van der Waals surface area contributed by atoms with Gasteiger partial charge in [-0.1, -0.05) is 50.6 Å². The maximum atomic E-state index is 14.3. The molecule has 2 aliphatic rings. The van der Waals surface area contributed by atoms with E-state index in [1.54, 1.807) is 24.3 Å². The molecule has 8 heteroatoms. The van der Waals surface area contributed by atoms with Gasteiger partial charge in [-0.2, -0.15) is 0 Å². The molecule has 1 amide bonds. The fourth-order valence-electron chi connectivity index (χ4n) is 5.22. The molecule has 37 heavy (non-hydrogen) atoms. The number of aliphatic carboxylic acids is 1. The summed E-state index contributed by atoms with van der Waals surface area (Å²) in [6, 6.07) is 14.0. The van der Waals surface area contributed by atoms with Gasteiger partial charge in [0.15, 0.2) is 11.5 Å². The number of carboxylic acids is 1. The van der Waals surface area contributed by atoms with Crippen molar-refractivity contribution in [2.24, 2.45) is 0 Å². The second-order valence-electron chi connectivity index (χ2n) is 10.4. The van der Waals surface area contributed by atoms with Crippen molar-refractivity contribution in [2.45, 2.75) is 44.6 Å². The van der Waals surface area contributed by atoms with E-state index in [4.69, 9.17) is 21.1 Å². The molecule has 0 aromatic heterocycles. The van der Waals surface area contributed by atoms with E-state index in [9.17, 15) is 19.1 Å². The molecule has 0 radical (unpaired) electrons. The molecule has 1 N–H and O–H groups in total. The first-order valence-corrected chi connectivity index (χ1v) is 12.5. The fourth-order valence-corrected chi connectivity index (χ4v) is 5.68. The molecule has 2 atom stereocenters. The topological polar surface area (TPSA) is 76.1 Å². The minimum absolute atomic E-state index is 0.135. The number of anilines is 1. The van der Waals surface area contributed by atoms with E-state index < -0.39 is 29.7 Å². The van der Waals surface area contributed by atoms with Crippen molar-refractivity contribution < 1.29 is 28.6 Å². The number of carboxylic acid groups (broad SMARTS) is 1. The molecule has 2 heterocycles.